The lowest BCUT2D eigenvalue weighted by Crippen LogP contribution is -2.50. The maximum absolute atomic E-state index is 13.0. The molecule has 0 spiro atoms. The molecule has 29 heavy (non-hydrogen) atoms. The highest BCUT2D eigenvalue weighted by atomic mass is 16.5. The SMILES string of the molecule is CN(C)C(=O)COc1ccccc1C(=O)N1CCN(C(=O)c2ccccc2)CC1. The molecule has 3 rings (SSSR count). The van der Waals surface area contributed by atoms with E-state index in [1.54, 1.807) is 60.3 Å². The Hall–Kier alpha value is -3.35. The van der Waals surface area contributed by atoms with Crippen molar-refractivity contribution in [2.75, 3.05) is 46.9 Å². The Morgan fingerprint density at radius 1 is 0.828 bits per heavy atom. The smallest absolute Gasteiger partial charge is 0.259 e. The minimum Gasteiger partial charge on any atom is -0.483 e. The van der Waals surface area contributed by atoms with E-state index in [1.165, 1.54) is 4.90 Å². The third-order valence-corrected chi connectivity index (χ3v) is 4.84. The largest absolute Gasteiger partial charge is 0.483 e. The Morgan fingerprint density at radius 2 is 1.38 bits per heavy atom. The summed E-state index contributed by atoms with van der Waals surface area (Å²) in [5.41, 5.74) is 1.07. The Kier molecular flexibility index (Phi) is 6.49. The normalized spacial score (nSPS) is 13.7. The molecule has 0 bridgehead atoms. The maximum Gasteiger partial charge on any atom is 0.259 e. The molecule has 2 aromatic carbocycles. The van der Waals surface area contributed by atoms with E-state index in [0.29, 0.717) is 43.1 Å². The first kappa shape index (κ1) is 20.4. The molecule has 0 radical (unpaired) electrons. The van der Waals surface area contributed by atoms with Crippen LogP contribution >= 0.6 is 0 Å². The number of hydrogen-bond donors (Lipinski definition) is 0. The number of benzene rings is 2. The van der Waals surface area contributed by atoms with Crippen molar-refractivity contribution in [1.82, 2.24) is 14.7 Å². The summed E-state index contributed by atoms with van der Waals surface area (Å²) in [5.74, 6) is 0.0177. The van der Waals surface area contributed by atoms with Crippen LogP contribution in [0.25, 0.3) is 0 Å². The van der Waals surface area contributed by atoms with E-state index in [1.807, 2.05) is 18.2 Å². The molecule has 7 nitrogen and oxygen atoms in total. The van der Waals surface area contributed by atoms with E-state index in [-0.39, 0.29) is 24.3 Å². The molecule has 0 atom stereocenters. The van der Waals surface area contributed by atoms with Crippen molar-refractivity contribution in [1.29, 1.82) is 0 Å². The number of nitrogens with zero attached hydrogens (tertiary/aromatic N) is 3. The number of likely N-dealkylation sites (N-methyl/N-ethyl adjacent to an activating group) is 1. The zero-order valence-electron chi connectivity index (χ0n) is 16.7. The molecule has 3 amide bonds. The summed E-state index contributed by atoms with van der Waals surface area (Å²) in [6, 6.07) is 16.1. The lowest BCUT2D eigenvalue weighted by molar-refractivity contribution is -0.130. The van der Waals surface area contributed by atoms with Gasteiger partial charge in [0.1, 0.15) is 5.75 Å². The van der Waals surface area contributed by atoms with Crippen LogP contribution in [0.4, 0.5) is 0 Å². The van der Waals surface area contributed by atoms with E-state index in [2.05, 4.69) is 0 Å². The first-order chi connectivity index (χ1) is 14.0. The van der Waals surface area contributed by atoms with Crippen LogP contribution < -0.4 is 4.74 Å². The molecule has 1 fully saturated rings. The molecule has 1 aliphatic rings. The summed E-state index contributed by atoms with van der Waals surface area (Å²) >= 11 is 0. The van der Waals surface area contributed by atoms with Gasteiger partial charge in [-0.3, -0.25) is 14.4 Å². The van der Waals surface area contributed by atoms with Gasteiger partial charge >= 0.3 is 0 Å². The van der Waals surface area contributed by atoms with E-state index in [0.717, 1.165) is 0 Å². The number of rotatable bonds is 5. The van der Waals surface area contributed by atoms with Crippen molar-refractivity contribution < 1.29 is 19.1 Å². The Morgan fingerprint density at radius 3 is 2.00 bits per heavy atom. The third kappa shape index (κ3) is 4.93. The van der Waals surface area contributed by atoms with Crippen LogP contribution in [0.5, 0.6) is 5.75 Å². The van der Waals surface area contributed by atoms with Gasteiger partial charge < -0.3 is 19.4 Å². The summed E-state index contributed by atoms with van der Waals surface area (Å²) in [7, 11) is 3.30. The first-order valence-electron chi connectivity index (χ1n) is 9.53. The van der Waals surface area contributed by atoms with Crippen LogP contribution in [0.1, 0.15) is 20.7 Å². The second kappa shape index (κ2) is 9.23. The topological polar surface area (TPSA) is 70.2 Å². The molecule has 1 aliphatic heterocycles. The van der Waals surface area contributed by atoms with Gasteiger partial charge in [-0.15, -0.1) is 0 Å². The van der Waals surface area contributed by atoms with E-state index >= 15 is 0 Å². The summed E-state index contributed by atoms with van der Waals surface area (Å²) < 4.78 is 5.59. The number of ether oxygens (including phenoxy) is 1. The lowest BCUT2D eigenvalue weighted by atomic mass is 10.1. The van der Waals surface area contributed by atoms with Gasteiger partial charge in [-0.1, -0.05) is 30.3 Å². The van der Waals surface area contributed by atoms with Gasteiger partial charge in [-0.2, -0.15) is 0 Å². The van der Waals surface area contributed by atoms with Crippen molar-refractivity contribution >= 4 is 17.7 Å². The second-order valence-electron chi connectivity index (χ2n) is 7.02. The van der Waals surface area contributed by atoms with E-state index in [9.17, 15) is 14.4 Å². The predicted octanol–water partition coefficient (Wildman–Crippen LogP) is 1.75. The molecule has 1 saturated heterocycles. The molecular formula is C22H25N3O4. The average Bonchev–Trinajstić information content (AvgIpc) is 2.77. The fraction of sp³-hybridized carbons (Fsp3) is 0.318. The van der Waals surface area contributed by atoms with Gasteiger partial charge in [0, 0.05) is 45.8 Å². The van der Waals surface area contributed by atoms with Crippen LogP contribution in [0.15, 0.2) is 54.6 Å². The molecule has 7 heteroatoms. The minimum atomic E-state index is -0.180. The van der Waals surface area contributed by atoms with Gasteiger partial charge in [-0.25, -0.2) is 0 Å². The quantitative estimate of drug-likeness (QED) is 0.774. The number of piperazine rings is 1. The summed E-state index contributed by atoms with van der Waals surface area (Å²) in [5, 5.41) is 0. The zero-order valence-corrected chi connectivity index (χ0v) is 16.7. The third-order valence-electron chi connectivity index (χ3n) is 4.84. The number of hydrogen-bond acceptors (Lipinski definition) is 4. The monoisotopic (exact) mass is 395 g/mol. The molecule has 0 saturated carbocycles. The Labute approximate surface area is 170 Å². The summed E-state index contributed by atoms with van der Waals surface area (Å²) in [4.78, 5) is 42.3. The zero-order chi connectivity index (χ0) is 20.8. The second-order valence-corrected chi connectivity index (χ2v) is 7.02. The molecule has 2 aromatic rings. The highest BCUT2D eigenvalue weighted by molar-refractivity contribution is 5.98. The Bertz CT molecular complexity index is 875. The van der Waals surface area contributed by atoms with Gasteiger partial charge in [0.25, 0.3) is 17.7 Å². The van der Waals surface area contributed by atoms with Crippen molar-refractivity contribution in [2.24, 2.45) is 0 Å². The van der Waals surface area contributed by atoms with Gasteiger partial charge in [0.15, 0.2) is 6.61 Å². The molecule has 0 aromatic heterocycles. The van der Waals surface area contributed by atoms with Crippen molar-refractivity contribution in [2.45, 2.75) is 0 Å². The predicted molar refractivity (Wildman–Crippen MR) is 109 cm³/mol. The molecule has 0 N–H and O–H groups in total. The summed E-state index contributed by atoms with van der Waals surface area (Å²) in [6.07, 6.45) is 0. The first-order valence-corrected chi connectivity index (χ1v) is 9.53. The van der Waals surface area contributed by atoms with Gasteiger partial charge in [-0.05, 0) is 24.3 Å². The Balaban J connectivity index is 1.62. The van der Waals surface area contributed by atoms with Crippen LogP contribution in [0.3, 0.4) is 0 Å². The molecule has 0 aliphatic carbocycles. The summed E-state index contributed by atoms with van der Waals surface area (Å²) in [6.45, 7) is 1.71. The number of carbonyl (C=O) groups is 3. The highest BCUT2D eigenvalue weighted by Gasteiger charge is 2.27. The van der Waals surface area contributed by atoms with Crippen LogP contribution in [-0.4, -0.2) is 79.3 Å². The molecule has 0 unspecified atom stereocenters. The molecule has 152 valence electrons. The van der Waals surface area contributed by atoms with E-state index in [4.69, 9.17) is 4.74 Å². The van der Waals surface area contributed by atoms with Gasteiger partial charge in [0.2, 0.25) is 0 Å². The van der Waals surface area contributed by atoms with Crippen LogP contribution in [-0.2, 0) is 4.79 Å². The van der Waals surface area contributed by atoms with Crippen molar-refractivity contribution in [3.05, 3.63) is 65.7 Å². The highest BCUT2D eigenvalue weighted by Crippen LogP contribution is 2.21. The van der Waals surface area contributed by atoms with Crippen molar-refractivity contribution in [3.8, 4) is 5.75 Å². The number of carbonyl (C=O) groups excluding carboxylic acids is 3. The van der Waals surface area contributed by atoms with Crippen LogP contribution in [0, 0.1) is 0 Å². The minimum absolute atomic E-state index is 0.0244. The fourth-order valence-corrected chi connectivity index (χ4v) is 3.08. The van der Waals surface area contributed by atoms with E-state index < -0.39 is 0 Å². The fourth-order valence-electron chi connectivity index (χ4n) is 3.08. The number of para-hydroxylation sites is 1. The molecular weight excluding hydrogens is 370 g/mol. The van der Waals surface area contributed by atoms with Crippen LogP contribution in [0.2, 0.25) is 0 Å². The lowest BCUT2D eigenvalue weighted by Gasteiger charge is -2.35. The standard InChI is InChI=1S/C22H25N3O4/c1-23(2)20(26)16-29-19-11-7-6-10-18(19)22(28)25-14-12-24(13-15-25)21(27)17-8-4-3-5-9-17/h3-11H,12-16H2,1-2H3. The number of amides is 3. The maximum atomic E-state index is 13.0. The molecule has 1 heterocycles. The average molecular weight is 395 g/mol. The van der Waals surface area contributed by atoms with Crippen molar-refractivity contribution in [3.63, 3.8) is 0 Å². The van der Waals surface area contributed by atoms with Gasteiger partial charge in [0.05, 0.1) is 5.56 Å².